The molecule has 2 fully saturated rings. The quantitative estimate of drug-likeness (QED) is 0.851. The second-order valence-corrected chi connectivity index (χ2v) is 9.06. The number of piperidine rings is 1. The number of likely N-dealkylation sites (tertiary alicyclic amines) is 1. The topological polar surface area (TPSA) is 49.4 Å². The second-order valence-electron chi connectivity index (χ2n) is 7.31. The van der Waals surface area contributed by atoms with Crippen LogP contribution >= 0.6 is 0 Å². The first-order valence-corrected chi connectivity index (χ1v) is 10.3. The van der Waals surface area contributed by atoms with Crippen LogP contribution in [0.4, 0.5) is 8.78 Å². The molecule has 0 aromatic heterocycles. The number of sulfonamides is 1. The average molecular weight is 358 g/mol. The average Bonchev–Trinajstić information content (AvgIpc) is 3.26. The first-order valence-electron chi connectivity index (χ1n) is 8.40. The van der Waals surface area contributed by atoms with Gasteiger partial charge in [0.25, 0.3) is 0 Å². The van der Waals surface area contributed by atoms with Crippen LogP contribution in [0.2, 0.25) is 0 Å². The standard InChI is InChI=1S/C17H24F2N2O2S/c1-24(22,23)20-17(11-13-2-3-13)6-8-21(9-7-17)12-14-4-5-15(18)10-16(14)19/h4-5,10,13,20H,2-3,6-9,11-12H2,1H3. The molecule has 1 aliphatic carbocycles. The maximum Gasteiger partial charge on any atom is 0.209 e. The summed E-state index contributed by atoms with van der Waals surface area (Å²) in [4.78, 5) is 2.10. The Morgan fingerprint density at radius 2 is 1.92 bits per heavy atom. The highest BCUT2D eigenvalue weighted by molar-refractivity contribution is 7.88. The lowest BCUT2D eigenvalue weighted by Crippen LogP contribution is -2.55. The van der Waals surface area contributed by atoms with Crippen LogP contribution in [0, 0.1) is 17.6 Å². The molecule has 3 rings (SSSR count). The molecule has 0 atom stereocenters. The van der Waals surface area contributed by atoms with Gasteiger partial charge in [-0.05, 0) is 31.2 Å². The Morgan fingerprint density at radius 3 is 2.46 bits per heavy atom. The Morgan fingerprint density at radius 1 is 1.25 bits per heavy atom. The van der Waals surface area contributed by atoms with E-state index in [4.69, 9.17) is 0 Å². The molecule has 1 aliphatic heterocycles. The minimum Gasteiger partial charge on any atom is -0.299 e. The molecule has 7 heteroatoms. The van der Waals surface area contributed by atoms with E-state index in [9.17, 15) is 17.2 Å². The predicted octanol–water partition coefficient (Wildman–Crippen LogP) is 2.65. The first-order chi connectivity index (χ1) is 11.2. The van der Waals surface area contributed by atoms with Crippen molar-refractivity contribution >= 4 is 10.0 Å². The third-order valence-corrected chi connectivity index (χ3v) is 5.80. The van der Waals surface area contributed by atoms with E-state index in [-0.39, 0.29) is 5.54 Å². The summed E-state index contributed by atoms with van der Waals surface area (Å²) in [5.41, 5.74) is 0.106. The van der Waals surface area contributed by atoms with Gasteiger partial charge < -0.3 is 0 Å². The molecule has 24 heavy (non-hydrogen) atoms. The number of rotatable bonds is 6. The molecule has 0 amide bonds. The summed E-state index contributed by atoms with van der Waals surface area (Å²) in [6.07, 6.45) is 5.90. The monoisotopic (exact) mass is 358 g/mol. The van der Waals surface area contributed by atoms with Crippen LogP contribution in [0.1, 0.15) is 37.7 Å². The molecule has 0 spiro atoms. The molecule has 1 saturated carbocycles. The molecule has 1 N–H and O–H groups in total. The highest BCUT2D eigenvalue weighted by Crippen LogP contribution is 2.41. The number of halogens is 2. The minimum absolute atomic E-state index is 0.368. The zero-order valence-electron chi connectivity index (χ0n) is 13.9. The van der Waals surface area contributed by atoms with Crippen molar-refractivity contribution in [2.24, 2.45) is 5.92 Å². The predicted molar refractivity (Wildman–Crippen MR) is 88.9 cm³/mol. The van der Waals surface area contributed by atoms with Gasteiger partial charge in [-0.15, -0.1) is 0 Å². The fourth-order valence-electron chi connectivity index (χ4n) is 3.65. The first kappa shape index (κ1) is 17.8. The van der Waals surface area contributed by atoms with Crippen LogP contribution < -0.4 is 4.72 Å². The lowest BCUT2D eigenvalue weighted by atomic mass is 9.83. The summed E-state index contributed by atoms with van der Waals surface area (Å²) >= 11 is 0. The maximum atomic E-state index is 13.8. The molecule has 1 aromatic carbocycles. The molecule has 0 bridgehead atoms. The van der Waals surface area contributed by atoms with E-state index >= 15 is 0 Å². The number of nitrogens with zero attached hydrogens (tertiary/aromatic N) is 1. The van der Waals surface area contributed by atoms with Crippen molar-refractivity contribution in [2.75, 3.05) is 19.3 Å². The summed E-state index contributed by atoms with van der Waals surface area (Å²) < 4.78 is 53.2. The zero-order chi connectivity index (χ0) is 17.4. The number of nitrogens with one attached hydrogen (secondary N) is 1. The molecular formula is C17H24F2N2O2S. The van der Waals surface area contributed by atoms with Crippen LogP contribution in [0.25, 0.3) is 0 Å². The summed E-state index contributed by atoms with van der Waals surface area (Å²) in [5.74, 6) is -0.477. The van der Waals surface area contributed by atoms with Crippen LogP contribution in [0.5, 0.6) is 0 Å². The molecule has 0 unspecified atom stereocenters. The third-order valence-electron chi connectivity index (χ3n) is 5.00. The maximum absolute atomic E-state index is 13.8. The largest absolute Gasteiger partial charge is 0.299 e. The number of hydrogen-bond acceptors (Lipinski definition) is 3. The summed E-state index contributed by atoms with van der Waals surface area (Å²) in [6, 6.07) is 3.65. The van der Waals surface area contributed by atoms with Crippen molar-refractivity contribution in [2.45, 2.75) is 44.2 Å². The van der Waals surface area contributed by atoms with Gasteiger partial charge in [0.2, 0.25) is 10.0 Å². The van der Waals surface area contributed by atoms with Gasteiger partial charge in [0.05, 0.1) is 6.26 Å². The minimum atomic E-state index is -3.26. The molecule has 134 valence electrons. The molecule has 2 aliphatic rings. The molecule has 1 saturated heterocycles. The van der Waals surface area contributed by atoms with Gasteiger partial charge in [-0.25, -0.2) is 21.9 Å². The summed E-state index contributed by atoms with van der Waals surface area (Å²) in [6.45, 7) is 1.82. The number of benzene rings is 1. The van der Waals surface area contributed by atoms with E-state index in [0.717, 1.165) is 25.3 Å². The Labute approximate surface area is 142 Å². The zero-order valence-corrected chi connectivity index (χ0v) is 14.7. The van der Waals surface area contributed by atoms with E-state index in [0.29, 0.717) is 31.1 Å². The lowest BCUT2D eigenvalue weighted by Gasteiger charge is -2.42. The fraction of sp³-hybridized carbons (Fsp3) is 0.647. The van der Waals surface area contributed by atoms with Crippen molar-refractivity contribution in [1.29, 1.82) is 0 Å². The van der Waals surface area contributed by atoms with E-state index in [1.807, 2.05) is 0 Å². The van der Waals surface area contributed by atoms with E-state index in [2.05, 4.69) is 9.62 Å². The third kappa shape index (κ3) is 4.74. The normalized spacial score (nSPS) is 21.8. The van der Waals surface area contributed by atoms with Crippen LogP contribution in [0.15, 0.2) is 18.2 Å². The fourth-order valence-corrected chi connectivity index (χ4v) is 4.72. The van der Waals surface area contributed by atoms with E-state index < -0.39 is 21.7 Å². The molecule has 4 nitrogen and oxygen atoms in total. The highest BCUT2D eigenvalue weighted by Gasteiger charge is 2.41. The summed E-state index contributed by atoms with van der Waals surface area (Å²) in [5, 5.41) is 0. The van der Waals surface area contributed by atoms with Crippen molar-refractivity contribution in [3.8, 4) is 0 Å². The van der Waals surface area contributed by atoms with Crippen molar-refractivity contribution in [1.82, 2.24) is 9.62 Å². The van der Waals surface area contributed by atoms with Crippen molar-refractivity contribution in [3.05, 3.63) is 35.4 Å². The highest BCUT2D eigenvalue weighted by atomic mass is 32.2. The van der Waals surface area contributed by atoms with Gasteiger partial charge >= 0.3 is 0 Å². The molecule has 1 heterocycles. The van der Waals surface area contributed by atoms with Gasteiger partial charge in [-0.3, -0.25) is 4.90 Å². The van der Waals surface area contributed by atoms with Crippen LogP contribution in [0.3, 0.4) is 0 Å². The molecular weight excluding hydrogens is 334 g/mol. The van der Waals surface area contributed by atoms with Gasteiger partial charge in [0, 0.05) is 36.8 Å². The Balaban J connectivity index is 1.64. The SMILES string of the molecule is CS(=O)(=O)NC1(CC2CC2)CCN(Cc2ccc(F)cc2F)CC1. The Bertz CT molecular complexity index is 697. The van der Waals surface area contributed by atoms with Crippen molar-refractivity contribution in [3.63, 3.8) is 0 Å². The summed E-state index contributed by atoms with van der Waals surface area (Å²) in [7, 11) is -3.26. The van der Waals surface area contributed by atoms with Crippen molar-refractivity contribution < 1.29 is 17.2 Å². The lowest BCUT2D eigenvalue weighted by molar-refractivity contribution is 0.133. The Hall–Kier alpha value is -1.05. The molecule has 0 radical (unpaired) electrons. The van der Waals surface area contributed by atoms with Crippen LogP contribution in [-0.4, -0.2) is 38.2 Å². The molecule has 1 aromatic rings. The second kappa shape index (κ2) is 6.69. The van der Waals surface area contributed by atoms with E-state index in [1.165, 1.54) is 31.2 Å². The van der Waals surface area contributed by atoms with Gasteiger partial charge in [-0.2, -0.15) is 0 Å². The van der Waals surface area contributed by atoms with Gasteiger partial charge in [0.1, 0.15) is 11.6 Å². The number of hydrogen-bond donors (Lipinski definition) is 1. The smallest absolute Gasteiger partial charge is 0.209 e. The van der Waals surface area contributed by atoms with Gasteiger partial charge in [-0.1, -0.05) is 18.9 Å². The van der Waals surface area contributed by atoms with E-state index in [1.54, 1.807) is 0 Å². The van der Waals surface area contributed by atoms with Crippen LogP contribution in [-0.2, 0) is 16.6 Å². The van der Waals surface area contributed by atoms with Gasteiger partial charge in [0.15, 0.2) is 0 Å². The Kier molecular flexibility index (Phi) is 4.95.